The molecule has 3 aromatic heterocycles. The van der Waals surface area contributed by atoms with Crippen LogP contribution in [0.15, 0.2) is 22.3 Å². The van der Waals surface area contributed by atoms with E-state index in [1.165, 1.54) is 22.7 Å². The maximum atomic E-state index is 12.3. The quantitative estimate of drug-likeness (QED) is 0.498. The van der Waals surface area contributed by atoms with Gasteiger partial charge in [-0.3, -0.25) is 4.79 Å². The largest absolute Gasteiger partial charge is 0.372 e. The molecule has 5 nitrogen and oxygen atoms in total. The Kier molecular flexibility index (Phi) is 6.79. The van der Waals surface area contributed by atoms with Crippen LogP contribution in [0.5, 0.6) is 0 Å². The molecule has 0 spiro atoms. The highest BCUT2D eigenvalue weighted by Crippen LogP contribution is 2.32. The highest BCUT2D eigenvalue weighted by molar-refractivity contribution is 7.17. The molecule has 0 unspecified atom stereocenters. The minimum Gasteiger partial charge on any atom is -0.372 e. The molecule has 1 fully saturated rings. The summed E-state index contributed by atoms with van der Waals surface area (Å²) in [5.41, 5.74) is 1.70. The van der Waals surface area contributed by atoms with E-state index in [1.807, 2.05) is 0 Å². The number of nitrogens with zero attached hydrogens (tertiary/aromatic N) is 2. The summed E-state index contributed by atoms with van der Waals surface area (Å²) in [7, 11) is 1.76. The lowest BCUT2D eigenvalue weighted by Crippen LogP contribution is -2.18. The van der Waals surface area contributed by atoms with Crippen molar-refractivity contribution in [3.8, 4) is 0 Å². The van der Waals surface area contributed by atoms with Crippen LogP contribution in [0.2, 0.25) is 5.02 Å². The Morgan fingerprint density at radius 3 is 2.54 bits per heavy atom. The fraction of sp³-hybridized carbons (Fsp3) is 0.389. The van der Waals surface area contributed by atoms with Crippen LogP contribution in [0.1, 0.15) is 42.5 Å². The fourth-order valence-corrected chi connectivity index (χ4v) is 4.51. The molecule has 4 rings (SSSR count). The molecule has 10 heteroatoms. The van der Waals surface area contributed by atoms with E-state index in [9.17, 15) is 13.6 Å². The molecule has 0 aromatic carbocycles. The number of fused-ring (bicyclic) bond motifs is 1. The van der Waals surface area contributed by atoms with E-state index in [4.69, 9.17) is 11.6 Å². The molecular formula is C18H19ClF2N4OS2. The zero-order valence-corrected chi connectivity index (χ0v) is 17.5. The summed E-state index contributed by atoms with van der Waals surface area (Å²) in [4.78, 5) is 21.7. The zero-order valence-electron chi connectivity index (χ0n) is 15.1. The van der Waals surface area contributed by atoms with Gasteiger partial charge in [-0.1, -0.05) is 18.0 Å². The Balaban J connectivity index is 0.000000236. The maximum Gasteiger partial charge on any atom is 0.258 e. The Morgan fingerprint density at radius 2 is 1.96 bits per heavy atom. The zero-order chi connectivity index (χ0) is 20.1. The molecule has 3 heterocycles. The Bertz CT molecular complexity index is 952. The summed E-state index contributed by atoms with van der Waals surface area (Å²) in [6, 6.07) is 0. The van der Waals surface area contributed by atoms with Crippen LogP contribution in [0, 0.1) is 0 Å². The number of hydrogen-bond donors (Lipinski definition) is 2. The Labute approximate surface area is 174 Å². The van der Waals surface area contributed by atoms with Gasteiger partial charge in [0.15, 0.2) is 0 Å². The standard InChI is InChI=1S/C12H9ClN4OS2.C6H10F2/c1-14-9-2-15-12-10(17-9)6(3-20-12)11(18)16-8-5-19-4-7(8)13;7-6(8)4-2-1-3-5-6/h2-5H,1H3,(H,14,17)(H,16,18);1-5H2. The van der Waals surface area contributed by atoms with Crippen molar-refractivity contribution in [2.75, 3.05) is 17.7 Å². The molecule has 0 saturated heterocycles. The lowest BCUT2D eigenvalue weighted by molar-refractivity contribution is -0.0337. The highest BCUT2D eigenvalue weighted by atomic mass is 35.5. The van der Waals surface area contributed by atoms with Gasteiger partial charge in [0.25, 0.3) is 5.91 Å². The van der Waals surface area contributed by atoms with Crippen LogP contribution in [-0.2, 0) is 0 Å². The van der Waals surface area contributed by atoms with E-state index in [0.29, 0.717) is 40.4 Å². The van der Waals surface area contributed by atoms with E-state index in [-0.39, 0.29) is 18.7 Å². The number of carbonyl (C=O) groups is 1. The van der Waals surface area contributed by atoms with Crippen molar-refractivity contribution in [2.45, 2.75) is 38.0 Å². The lowest BCUT2D eigenvalue weighted by atomic mass is 9.97. The average Bonchev–Trinajstić information content (AvgIpc) is 3.27. The maximum absolute atomic E-state index is 12.3. The highest BCUT2D eigenvalue weighted by Gasteiger charge is 2.30. The van der Waals surface area contributed by atoms with Gasteiger partial charge in [-0.15, -0.1) is 22.7 Å². The fourth-order valence-electron chi connectivity index (χ4n) is 2.72. The number of rotatable bonds is 3. The first-order chi connectivity index (χ1) is 13.4. The number of carbonyl (C=O) groups excluding carboxylic acids is 1. The number of aromatic nitrogens is 2. The summed E-state index contributed by atoms with van der Waals surface area (Å²) in [5, 5.41) is 11.5. The van der Waals surface area contributed by atoms with E-state index in [0.717, 1.165) is 11.3 Å². The van der Waals surface area contributed by atoms with Gasteiger partial charge in [-0.05, 0) is 12.8 Å². The van der Waals surface area contributed by atoms with Crippen molar-refractivity contribution in [1.82, 2.24) is 9.97 Å². The first-order valence-corrected chi connectivity index (χ1v) is 10.9. The van der Waals surface area contributed by atoms with Gasteiger partial charge in [-0.25, -0.2) is 18.7 Å². The van der Waals surface area contributed by atoms with Gasteiger partial charge in [-0.2, -0.15) is 0 Å². The van der Waals surface area contributed by atoms with E-state index >= 15 is 0 Å². The molecule has 3 aromatic rings. The minimum atomic E-state index is -2.32. The molecule has 0 radical (unpaired) electrons. The van der Waals surface area contributed by atoms with Crippen LogP contribution in [0.3, 0.4) is 0 Å². The molecule has 1 amide bonds. The van der Waals surface area contributed by atoms with Gasteiger partial charge in [0.05, 0.1) is 22.5 Å². The smallest absolute Gasteiger partial charge is 0.258 e. The van der Waals surface area contributed by atoms with Gasteiger partial charge in [0.1, 0.15) is 16.2 Å². The monoisotopic (exact) mass is 444 g/mol. The third-order valence-electron chi connectivity index (χ3n) is 4.23. The average molecular weight is 445 g/mol. The Hall–Kier alpha value is -1.84. The third-order valence-corrected chi connectivity index (χ3v) is 6.29. The number of thiophene rings is 2. The molecule has 1 aliphatic carbocycles. The summed E-state index contributed by atoms with van der Waals surface area (Å²) in [6.07, 6.45) is 4.30. The molecular weight excluding hydrogens is 426 g/mol. The van der Waals surface area contributed by atoms with Crippen LogP contribution in [-0.4, -0.2) is 28.8 Å². The van der Waals surface area contributed by atoms with E-state index in [1.54, 1.807) is 29.4 Å². The van der Waals surface area contributed by atoms with Crippen LogP contribution < -0.4 is 10.6 Å². The second-order valence-electron chi connectivity index (χ2n) is 6.31. The van der Waals surface area contributed by atoms with Gasteiger partial charge < -0.3 is 10.6 Å². The number of anilines is 2. The molecule has 1 aliphatic rings. The minimum absolute atomic E-state index is 0.118. The van der Waals surface area contributed by atoms with Crippen LogP contribution >= 0.6 is 34.3 Å². The number of nitrogens with one attached hydrogen (secondary N) is 2. The molecule has 150 valence electrons. The molecule has 0 bridgehead atoms. The van der Waals surface area contributed by atoms with Gasteiger partial charge in [0, 0.05) is 36.0 Å². The molecule has 28 heavy (non-hydrogen) atoms. The molecule has 2 N–H and O–H groups in total. The number of hydrogen-bond acceptors (Lipinski definition) is 6. The van der Waals surface area contributed by atoms with Crippen LogP contribution in [0.25, 0.3) is 10.3 Å². The van der Waals surface area contributed by atoms with Crippen molar-refractivity contribution in [1.29, 1.82) is 0 Å². The lowest BCUT2D eigenvalue weighted by Gasteiger charge is -2.20. The van der Waals surface area contributed by atoms with Crippen molar-refractivity contribution in [3.05, 3.63) is 32.9 Å². The number of alkyl halides is 2. The first kappa shape index (κ1) is 20.9. The van der Waals surface area contributed by atoms with E-state index in [2.05, 4.69) is 20.6 Å². The van der Waals surface area contributed by atoms with Gasteiger partial charge >= 0.3 is 0 Å². The second kappa shape index (κ2) is 9.11. The molecule has 0 aliphatic heterocycles. The van der Waals surface area contributed by atoms with Gasteiger partial charge in [0.2, 0.25) is 5.92 Å². The van der Waals surface area contributed by atoms with E-state index < -0.39 is 5.92 Å². The normalized spacial score (nSPS) is 15.6. The predicted octanol–water partition coefficient (Wildman–Crippen LogP) is 6.29. The topological polar surface area (TPSA) is 66.9 Å². The summed E-state index contributed by atoms with van der Waals surface area (Å²) in [6.45, 7) is 0. The first-order valence-electron chi connectivity index (χ1n) is 8.72. The molecule has 1 saturated carbocycles. The van der Waals surface area contributed by atoms with Crippen LogP contribution in [0.4, 0.5) is 20.3 Å². The second-order valence-corrected chi connectivity index (χ2v) is 8.32. The summed E-state index contributed by atoms with van der Waals surface area (Å²) >= 11 is 8.79. The number of amides is 1. The van der Waals surface area contributed by atoms with Crippen molar-refractivity contribution in [3.63, 3.8) is 0 Å². The van der Waals surface area contributed by atoms with Crippen molar-refractivity contribution in [2.24, 2.45) is 0 Å². The summed E-state index contributed by atoms with van der Waals surface area (Å²) < 4.78 is 24.4. The summed E-state index contributed by atoms with van der Waals surface area (Å²) in [5.74, 6) is -1.93. The third kappa shape index (κ3) is 5.15. The van der Waals surface area contributed by atoms with Crippen molar-refractivity contribution >= 4 is 62.0 Å². The predicted molar refractivity (Wildman–Crippen MR) is 112 cm³/mol. The van der Waals surface area contributed by atoms with Crippen molar-refractivity contribution < 1.29 is 13.6 Å². The SMILES string of the molecule is CNc1cnc2scc(C(=O)Nc3cscc3Cl)c2n1.FC1(F)CCCCC1. The molecule has 0 atom stereocenters. The number of halogens is 3. The Morgan fingerprint density at radius 1 is 1.21 bits per heavy atom.